The Morgan fingerprint density at radius 3 is 2.17 bits per heavy atom. The van der Waals surface area contributed by atoms with Crippen molar-refractivity contribution in [2.45, 2.75) is 52.1 Å². The van der Waals surface area contributed by atoms with Gasteiger partial charge in [0.25, 0.3) is 0 Å². The molecule has 0 aliphatic heterocycles. The Morgan fingerprint density at radius 1 is 1.22 bits per heavy atom. The monoisotopic (exact) mass is 252 g/mol. The van der Waals surface area contributed by atoms with Crippen molar-refractivity contribution >= 4 is 0 Å². The van der Waals surface area contributed by atoms with E-state index in [1.54, 1.807) is 6.26 Å². The van der Waals surface area contributed by atoms with E-state index in [4.69, 9.17) is 4.42 Å². The Labute approximate surface area is 112 Å². The molecule has 0 saturated heterocycles. The lowest BCUT2D eigenvalue weighted by atomic mass is 9.81. The van der Waals surface area contributed by atoms with Crippen LogP contribution in [0.3, 0.4) is 0 Å². The van der Waals surface area contributed by atoms with Crippen LogP contribution in [0.4, 0.5) is 0 Å². The summed E-state index contributed by atoms with van der Waals surface area (Å²) in [6, 6.07) is 4.28. The van der Waals surface area contributed by atoms with Gasteiger partial charge < -0.3 is 9.73 Å². The molecule has 0 saturated carbocycles. The van der Waals surface area contributed by atoms with E-state index in [2.05, 4.69) is 44.0 Å². The molecule has 1 aromatic heterocycles. The second-order valence-corrected chi connectivity index (χ2v) is 4.72. The number of nitrogens with one attached hydrogen (secondary N) is 1. The van der Waals surface area contributed by atoms with Crippen LogP contribution >= 0.6 is 0 Å². The number of likely N-dealkylation sites (N-methyl/N-ethyl adjacent to an activating group) is 2. The van der Waals surface area contributed by atoms with Crippen LogP contribution in [0.25, 0.3) is 0 Å². The SMILES string of the molecule is CCN(CC)C(CC)(CC)C(NC)c1ccco1. The molecule has 104 valence electrons. The molecule has 0 bridgehead atoms. The van der Waals surface area contributed by atoms with Crippen molar-refractivity contribution in [3.05, 3.63) is 24.2 Å². The van der Waals surface area contributed by atoms with Gasteiger partial charge in [-0.05, 0) is 45.1 Å². The molecule has 0 fully saturated rings. The van der Waals surface area contributed by atoms with Crippen molar-refractivity contribution < 1.29 is 4.42 Å². The molecule has 1 heterocycles. The molecule has 1 N–H and O–H groups in total. The molecular weight excluding hydrogens is 224 g/mol. The maximum Gasteiger partial charge on any atom is 0.122 e. The normalized spacial score (nSPS) is 14.1. The van der Waals surface area contributed by atoms with Crippen LogP contribution in [0.2, 0.25) is 0 Å². The fraction of sp³-hybridized carbons (Fsp3) is 0.733. The first-order chi connectivity index (χ1) is 8.69. The molecule has 0 spiro atoms. The maximum atomic E-state index is 5.65. The summed E-state index contributed by atoms with van der Waals surface area (Å²) in [6.45, 7) is 11.1. The van der Waals surface area contributed by atoms with Gasteiger partial charge in [0.15, 0.2) is 0 Å². The van der Waals surface area contributed by atoms with Crippen LogP contribution in [0.5, 0.6) is 0 Å². The van der Waals surface area contributed by atoms with Crippen LogP contribution in [-0.2, 0) is 0 Å². The van der Waals surface area contributed by atoms with E-state index in [9.17, 15) is 0 Å². The van der Waals surface area contributed by atoms with Crippen molar-refractivity contribution in [3.63, 3.8) is 0 Å². The number of nitrogens with zero attached hydrogens (tertiary/aromatic N) is 1. The summed E-state index contributed by atoms with van der Waals surface area (Å²) in [6.07, 6.45) is 3.98. The summed E-state index contributed by atoms with van der Waals surface area (Å²) in [5.41, 5.74) is 0.121. The lowest BCUT2D eigenvalue weighted by Gasteiger charge is -2.47. The molecule has 3 nitrogen and oxygen atoms in total. The highest BCUT2D eigenvalue weighted by atomic mass is 16.3. The molecule has 1 unspecified atom stereocenters. The van der Waals surface area contributed by atoms with Gasteiger partial charge >= 0.3 is 0 Å². The van der Waals surface area contributed by atoms with E-state index in [1.165, 1.54) is 0 Å². The molecule has 1 aromatic rings. The van der Waals surface area contributed by atoms with Gasteiger partial charge in [0, 0.05) is 5.54 Å². The predicted molar refractivity (Wildman–Crippen MR) is 76.7 cm³/mol. The van der Waals surface area contributed by atoms with Gasteiger partial charge in [-0.15, -0.1) is 0 Å². The van der Waals surface area contributed by atoms with E-state index in [-0.39, 0.29) is 11.6 Å². The molecular formula is C15H28N2O. The van der Waals surface area contributed by atoms with Gasteiger partial charge in [-0.3, -0.25) is 4.90 Å². The van der Waals surface area contributed by atoms with E-state index < -0.39 is 0 Å². The molecule has 1 atom stereocenters. The van der Waals surface area contributed by atoms with E-state index in [0.717, 1.165) is 31.7 Å². The summed E-state index contributed by atoms with van der Waals surface area (Å²) in [4.78, 5) is 2.55. The zero-order valence-electron chi connectivity index (χ0n) is 12.5. The molecule has 0 radical (unpaired) electrons. The number of rotatable bonds is 8. The summed E-state index contributed by atoms with van der Waals surface area (Å²) in [7, 11) is 2.02. The van der Waals surface area contributed by atoms with Crippen molar-refractivity contribution in [1.82, 2.24) is 10.2 Å². The summed E-state index contributed by atoms with van der Waals surface area (Å²) in [5, 5.41) is 3.46. The van der Waals surface area contributed by atoms with Crippen molar-refractivity contribution in [2.24, 2.45) is 0 Å². The molecule has 0 aromatic carbocycles. The largest absolute Gasteiger partial charge is 0.468 e. The minimum Gasteiger partial charge on any atom is -0.468 e. The third-order valence-corrected chi connectivity index (χ3v) is 4.27. The summed E-state index contributed by atoms with van der Waals surface area (Å²) >= 11 is 0. The Balaban J connectivity index is 3.15. The number of hydrogen-bond donors (Lipinski definition) is 1. The molecule has 0 aliphatic rings. The third kappa shape index (κ3) is 2.62. The zero-order valence-corrected chi connectivity index (χ0v) is 12.5. The Hall–Kier alpha value is -0.800. The topological polar surface area (TPSA) is 28.4 Å². The zero-order chi connectivity index (χ0) is 13.6. The minimum absolute atomic E-state index is 0.121. The average Bonchev–Trinajstić information content (AvgIpc) is 2.92. The summed E-state index contributed by atoms with van der Waals surface area (Å²) in [5.74, 6) is 1.04. The van der Waals surface area contributed by atoms with Gasteiger partial charge in [-0.25, -0.2) is 0 Å². The van der Waals surface area contributed by atoms with E-state index in [1.807, 2.05) is 13.1 Å². The van der Waals surface area contributed by atoms with Gasteiger partial charge in [0.05, 0.1) is 12.3 Å². The summed E-state index contributed by atoms with van der Waals surface area (Å²) < 4.78 is 5.65. The quantitative estimate of drug-likeness (QED) is 0.768. The smallest absolute Gasteiger partial charge is 0.122 e. The van der Waals surface area contributed by atoms with E-state index in [0.29, 0.717) is 0 Å². The van der Waals surface area contributed by atoms with Crippen LogP contribution < -0.4 is 5.32 Å². The Bertz CT molecular complexity index is 313. The number of furan rings is 1. The Morgan fingerprint density at radius 2 is 1.83 bits per heavy atom. The highest BCUT2D eigenvalue weighted by Crippen LogP contribution is 2.37. The Kier molecular flexibility index (Phi) is 5.89. The molecule has 18 heavy (non-hydrogen) atoms. The van der Waals surface area contributed by atoms with Crippen LogP contribution in [0.15, 0.2) is 22.8 Å². The standard InChI is InChI=1S/C15H28N2O/c1-6-15(7-2,17(8-3)9-4)14(16-5)13-11-10-12-18-13/h10-12,14,16H,6-9H2,1-5H3. The third-order valence-electron chi connectivity index (χ3n) is 4.27. The second-order valence-electron chi connectivity index (χ2n) is 4.72. The van der Waals surface area contributed by atoms with Crippen LogP contribution in [-0.4, -0.2) is 30.6 Å². The highest BCUT2D eigenvalue weighted by Gasteiger charge is 2.41. The van der Waals surface area contributed by atoms with Gasteiger partial charge in [-0.1, -0.05) is 27.7 Å². The first-order valence-corrected chi connectivity index (χ1v) is 7.15. The van der Waals surface area contributed by atoms with Crippen molar-refractivity contribution in [1.29, 1.82) is 0 Å². The van der Waals surface area contributed by atoms with Gasteiger partial charge in [0.1, 0.15) is 5.76 Å². The van der Waals surface area contributed by atoms with Crippen molar-refractivity contribution in [2.75, 3.05) is 20.1 Å². The first kappa shape index (κ1) is 15.3. The molecule has 0 amide bonds. The van der Waals surface area contributed by atoms with Crippen LogP contribution in [0.1, 0.15) is 52.3 Å². The molecule has 1 rings (SSSR count). The van der Waals surface area contributed by atoms with Crippen molar-refractivity contribution in [3.8, 4) is 0 Å². The lowest BCUT2D eigenvalue weighted by molar-refractivity contribution is 0.0438. The lowest BCUT2D eigenvalue weighted by Crippen LogP contribution is -2.55. The fourth-order valence-electron chi connectivity index (χ4n) is 3.27. The minimum atomic E-state index is 0.121. The number of hydrogen-bond acceptors (Lipinski definition) is 3. The second kappa shape index (κ2) is 6.95. The van der Waals surface area contributed by atoms with Crippen LogP contribution in [0, 0.1) is 0 Å². The fourth-order valence-corrected chi connectivity index (χ4v) is 3.27. The molecule has 0 aliphatic carbocycles. The predicted octanol–water partition coefficient (Wildman–Crippen LogP) is 3.44. The average molecular weight is 252 g/mol. The first-order valence-electron chi connectivity index (χ1n) is 7.15. The maximum absolute atomic E-state index is 5.65. The van der Waals surface area contributed by atoms with E-state index >= 15 is 0 Å². The molecule has 3 heteroatoms. The highest BCUT2D eigenvalue weighted by molar-refractivity contribution is 5.13. The van der Waals surface area contributed by atoms with Gasteiger partial charge in [0.2, 0.25) is 0 Å². The van der Waals surface area contributed by atoms with Gasteiger partial charge in [-0.2, -0.15) is 0 Å².